The van der Waals surface area contributed by atoms with E-state index in [1.54, 1.807) is 19.1 Å². The molecule has 2 saturated heterocycles. The molecule has 2 N–H and O–H groups in total. The number of hydrogen-bond acceptors (Lipinski definition) is 4. The van der Waals surface area contributed by atoms with Crippen molar-refractivity contribution >= 4 is 15.7 Å². The number of fused-ring (bicyclic) bond motifs is 1. The molecule has 0 bridgehead atoms. The van der Waals surface area contributed by atoms with Gasteiger partial charge in [0.25, 0.3) is 0 Å². The highest BCUT2D eigenvalue weighted by Gasteiger charge is 2.36. The van der Waals surface area contributed by atoms with Crippen LogP contribution in [0, 0.1) is 0 Å². The molecule has 3 rings (SSSR count). The van der Waals surface area contributed by atoms with Gasteiger partial charge in [0, 0.05) is 30.9 Å². The van der Waals surface area contributed by atoms with E-state index < -0.39 is 10.0 Å². The summed E-state index contributed by atoms with van der Waals surface area (Å²) in [4.78, 5) is 2.88. The quantitative estimate of drug-likeness (QED) is 0.868. The molecule has 1 aromatic rings. The first-order chi connectivity index (χ1) is 10.1. The van der Waals surface area contributed by atoms with Gasteiger partial charge in [0.2, 0.25) is 10.0 Å². The van der Waals surface area contributed by atoms with E-state index in [2.05, 4.69) is 14.9 Å². The zero-order chi connectivity index (χ0) is 14.9. The predicted molar refractivity (Wildman–Crippen MR) is 83.9 cm³/mol. The second-order valence-electron chi connectivity index (χ2n) is 5.81. The van der Waals surface area contributed by atoms with Crippen molar-refractivity contribution in [3.63, 3.8) is 0 Å². The van der Waals surface area contributed by atoms with Crippen LogP contribution < -0.4 is 10.0 Å². The van der Waals surface area contributed by atoms with Crippen molar-refractivity contribution in [2.24, 2.45) is 0 Å². The van der Waals surface area contributed by atoms with E-state index in [-0.39, 0.29) is 0 Å². The fourth-order valence-corrected chi connectivity index (χ4v) is 4.51. The van der Waals surface area contributed by atoms with Crippen molar-refractivity contribution in [3.05, 3.63) is 24.3 Å². The summed E-state index contributed by atoms with van der Waals surface area (Å²) in [5.74, 6) is 0. The molecule has 1 aromatic carbocycles. The lowest BCUT2D eigenvalue weighted by molar-refractivity contribution is 0.318. The average molecular weight is 309 g/mol. The molecule has 21 heavy (non-hydrogen) atoms. The Morgan fingerprint density at radius 3 is 2.67 bits per heavy atom. The SMILES string of the molecule is CCNS(=O)(=O)c1ccc(NC2CCN3CCCC23)cc1. The first kappa shape index (κ1) is 14.8. The van der Waals surface area contributed by atoms with Crippen LogP contribution >= 0.6 is 0 Å². The topological polar surface area (TPSA) is 61.4 Å². The average Bonchev–Trinajstić information content (AvgIpc) is 3.04. The van der Waals surface area contributed by atoms with Crippen LogP contribution in [0.4, 0.5) is 5.69 Å². The molecule has 0 aliphatic carbocycles. The molecule has 0 amide bonds. The number of rotatable bonds is 5. The zero-order valence-electron chi connectivity index (χ0n) is 12.4. The third kappa shape index (κ3) is 3.07. The Morgan fingerprint density at radius 1 is 1.19 bits per heavy atom. The highest BCUT2D eigenvalue weighted by molar-refractivity contribution is 7.89. The van der Waals surface area contributed by atoms with E-state index in [9.17, 15) is 8.42 Å². The van der Waals surface area contributed by atoms with Crippen molar-refractivity contribution in [2.45, 2.75) is 43.2 Å². The second-order valence-corrected chi connectivity index (χ2v) is 7.58. The van der Waals surface area contributed by atoms with E-state index in [4.69, 9.17) is 0 Å². The molecule has 2 aliphatic heterocycles. The number of nitrogens with one attached hydrogen (secondary N) is 2. The molecule has 5 nitrogen and oxygen atoms in total. The second kappa shape index (κ2) is 5.94. The summed E-state index contributed by atoms with van der Waals surface area (Å²) in [7, 11) is -3.35. The fourth-order valence-electron chi connectivity index (χ4n) is 3.47. The molecule has 2 atom stereocenters. The maximum Gasteiger partial charge on any atom is 0.240 e. The summed E-state index contributed by atoms with van der Waals surface area (Å²) in [5, 5.41) is 3.57. The van der Waals surface area contributed by atoms with Crippen LogP contribution in [0.25, 0.3) is 0 Å². The van der Waals surface area contributed by atoms with Gasteiger partial charge in [0.1, 0.15) is 0 Å². The first-order valence-corrected chi connectivity index (χ1v) is 9.19. The van der Waals surface area contributed by atoms with Gasteiger partial charge in [0.05, 0.1) is 4.90 Å². The van der Waals surface area contributed by atoms with Gasteiger partial charge in [-0.1, -0.05) is 6.92 Å². The maximum absolute atomic E-state index is 11.9. The van der Waals surface area contributed by atoms with Crippen molar-refractivity contribution < 1.29 is 8.42 Å². The number of sulfonamides is 1. The summed E-state index contributed by atoms with van der Waals surface area (Å²) in [5.41, 5.74) is 1.00. The molecular formula is C15H23N3O2S. The Labute approximate surface area is 126 Å². The number of benzene rings is 1. The Bertz CT molecular complexity index is 585. The van der Waals surface area contributed by atoms with Crippen LogP contribution in [0.15, 0.2) is 29.2 Å². The largest absolute Gasteiger partial charge is 0.381 e. The molecular weight excluding hydrogens is 286 g/mol. The van der Waals surface area contributed by atoms with Gasteiger partial charge in [-0.25, -0.2) is 13.1 Å². The van der Waals surface area contributed by atoms with Crippen molar-refractivity contribution in [3.8, 4) is 0 Å². The van der Waals surface area contributed by atoms with E-state index in [0.717, 1.165) is 5.69 Å². The van der Waals surface area contributed by atoms with Crippen LogP contribution in [0.5, 0.6) is 0 Å². The minimum atomic E-state index is -3.35. The fraction of sp³-hybridized carbons (Fsp3) is 0.600. The smallest absolute Gasteiger partial charge is 0.240 e. The lowest BCUT2D eigenvalue weighted by Gasteiger charge is -2.22. The Kier molecular flexibility index (Phi) is 4.19. The lowest BCUT2D eigenvalue weighted by atomic mass is 10.1. The van der Waals surface area contributed by atoms with E-state index >= 15 is 0 Å². The van der Waals surface area contributed by atoms with Crippen molar-refractivity contribution in [2.75, 3.05) is 25.0 Å². The van der Waals surface area contributed by atoms with Gasteiger partial charge < -0.3 is 5.32 Å². The Hall–Kier alpha value is -1.11. The van der Waals surface area contributed by atoms with Gasteiger partial charge in [-0.3, -0.25) is 4.90 Å². The Balaban J connectivity index is 1.68. The molecule has 0 radical (unpaired) electrons. The molecule has 0 aromatic heterocycles. The summed E-state index contributed by atoms with van der Waals surface area (Å²) in [6, 6.07) is 8.20. The standard InChI is InChI=1S/C15H23N3O2S/c1-2-16-21(19,20)13-7-5-12(6-8-13)17-14-9-11-18-10-3-4-15(14)18/h5-8,14-17H,2-4,9-11H2,1H3. The monoisotopic (exact) mass is 309 g/mol. The van der Waals surface area contributed by atoms with Gasteiger partial charge >= 0.3 is 0 Å². The van der Waals surface area contributed by atoms with E-state index in [0.29, 0.717) is 23.5 Å². The summed E-state index contributed by atoms with van der Waals surface area (Å²) in [6.45, 7) is 4.58. The summed E-state index contributed by atoms with van der Waals surface area (Å²) < 4.78 is 26.3. The molecule has 0 saturated carbocycles. The molecule has 2 unspecified atom stereocenters. The van der Waals surface area contributed by atoms with Crippen LogP contribution in [0.3, 0.4) is 0 Å². The van der Waals surface area contributed by atoms with Crippen molar-refractivity contribution in [1.82, 2.24) is 9.62 Å². The van der Waals surface area contributed by atoms with Crippen molar-refractivity contribution in [1.29, 1.82) is 0 Å². The maximum atomic E-state index is 11.9. The lowest BCUT2D eigenvalue weighted by Crippen LogP contribution is -2.33. The van der Waals surface area contributed by atoms with Crippen LogP contribution in [-0.2, 0) is 10.0 Å². The minimum absolute atomic E-state index is 0.323. The number of nitrogens with zero attached hydrogens (tertiary/aromatic N) is 1. The number of anilines is 1. The molecule has 2 heterocycles. The normalized spacial score (nSPS) is 26.0. The first-order valence-electron chi connectivity index (χ1n) is 7.70. The van der Waals surface area contributed by atoms with Gasteiger partial charge in [0.15, 0.2) is 0 Å². The van der Waals surface area contributed by atoms with Crippen LogP contribution in [0.2, 0.25) is 0 Å². The minimum Gasteiger partial charge on any atom is -0.381 e. The van der Waals surface area contributed by atoms with E-state index in [1.807, 2.05) is 12.1 Å². The highest BCUT2D eigenvalue weighted by Crippen LogP contribution is 2.30. The molecule has 116 valence electrons. The number of hydrogen-bond donors (Lipinski definition) is 2. The van der Waals surface area contributed by atoms with Gasteiger partial charge in [-0.15, -0.1) is 0 Å². The van der Waals surface area contributed by atoms with E-state index in [1.165, 1.54) is 32.4 Å². The van der Waals surface area contributed by atoms with Gasteiger partial charge in [-0.2, -0.15) is 0 Å². The summed E-state index contributed by atoms with van der Waals surface area (Å²) >= 11 is 0. The molecule has 2 aliphatic rings. The summed E-state index contributed by atoms with van der Waals surface area (Å²) in [6.07, 6.45) is 3.73. The predicted octanol–water partition coefficient (Wildman–Crippen LogP) is 1.63. The third-order valence-electron chi connectivity index (χ3n) is 4.46. The molecule has 0 spiro atoms. The Morgan fingerprint density at radius 2 is 1.95 bits per heavy atom. The van der Waals surface area contributed by atoms with Crippen LogP contribution in [-0.4, -0.2) is 45.0 Å². The van der Waals surface area contributed by atoms with Gasteiger partial charge in [-0.05, 0) is 50.1 Å². The molecule has 6 heteroatoms. The highest BCUT2D eigenvalue weighted by atomic mass is 32.2. The zero-order valence-corrected chi connectivity index (χ0v) is 13.2. The molecule has 2 fully saturated rings. The van der Waals surface area contributed by atoms with Crippen LogP contribution in [0.1, 0.15) is 26.2 Å². The third-order valence-corrected chi connectivity index (χ3v) is 6.02.